The van der Waals surface area contributed by atoms with Crippen molar-refractivity contribution in [3.8, 4) is 22.9 Å². The molecule has 0 amide bonds. The monoisotopic (exact) mass is 575 g/mol. The Kier molecular flexibility index (Phi) is 9.97. The highest BCUT2D eigenvalue weighted by Crippen LogP contribution is 2.39. The molecule has 2 aromatic heterocycles. The van der Waals surface area contributed by atoms with Gasteiger partial charge in [-0.2, -0.15) is 0 Å². The number of aromatic nitrogens is 3. The third-order valence-electron chi connectivity index (χ3n) is 8.47. The van der Waals surface area contributed by atoms with Gasteiger partial charge in [-0.3, -0.25) is 0 Å². The number of rotatable bonds is 5. The number of aliphatic hydroxyl groups is 1. The minimum absolute atomic E-state index is 0.0266. The number of nitrogens with one attached hydrogen (secondary N) is 1. The van der Waals surface area contributed by atoms with Gasteiger partial charge in [0.2, 0.25) is 5.88 Å². The zero-order chi connectivity index (χ0) is 29.5. The van der Waals surface area contributed by atoms with E-state index in [0.717, 1.165) is 76.3 Å². The molecule has 3 aliphatic heterocycles. The molecule has 226 valence electrons. The van der Waals surface area contributed by atoms with Crippen LogP contribution in [0.15, 0.2) is 48.7 Å². The van der Waals surface area contributed by atoms with Crippen molar-refractivity contribution < 1.29 is 14.9 Å². The molecule has 2 atom stereocenters. The van der Waals surface area contributed by atoms with Crippen LogP contribution < -0.4 is 25.6 Å². The Labute approximate surface area is 248 Å². The van der Waals surface area contributed by atoms with Gasteiger partial charge in [0.1, 0.15) is 11.9 Å². The number of nitrogen functional groups attached to an aromatic ring is 1. The smallest absolute Gasteiger partial charge is 0.215 e. The van der Waals surface area contributed by atoms with Crippen LogP contribution in [0.25, 0.3) is 11.3 Å². The van der Waals surface area contributed by atoms with Gasteiger partial charge in [-0.05, 0) is 82.3 Å². The molecule has 0 spiro atoms. The Balaban J connectivity index is 0.000000341. The normalized spacial score (nSPS) is 21.9. The summed E-state index contributed by atoms with van der Waals surface area (Å²) in [5.74, 6) is 1.33. The van der Waals surface area contributed by atoms with Crippen molar-refractivity contribution in [2.45, 2.75) is 83.1 Å². The highest BCUT2D eigenvalue weighted by molar-refractivity contribution is 5.74. The predicted molar refractivity (Wildman–Crippen MR) is 167 cm³/mol. The zero-order valence-electron chi connectivity index (χ0n) is 24.8. The maximum Gasteiger partial charge on any atom is 0.215 e. The number of anilines is 3. The largest absolute Gasteiger partial charge is 0.507 e. The van der Waals surface area contributed by atoms with Crippen LogP contribution in [0.4, 0.5) is 17.2 Å². The number of phenols is 1. The van der Waals surface area contributed by atoms with Gasteiger partial charge in [0, 0.05) is 48.7 Å². The van der Waals surface area contributed by atoms with Crippen LogP contribution in [0, 0.1) is 0 Å². The first-order valence-corrected chi connectivity index (χ1v) is 15.5. The highest BCUT2D eigenvalue weighted by atomic mass is 16.5. The Hall–Kier alpha value is -3.63. The quantitative estimate of drug-likeness (QED) is 0.348. The second-order valence-electron chi connectivity index (χ2n) is 11.2. The van der Waals surface area contributed by atoms with Crippen LogP contribution in [-0.4, -0.2) is 75.9 Å². The van der Waals surface area contributed by atoms with E-state index in [0.29, 0.717) is 35.3 Å². The van der Waals surface area contributed by atoms with Crippen molar-refractivity contribution in [3.05, 3.63) is 48.7 Å². The molecular weight excluding hydrogens is 530 g/mol. The summed E-state index contributed by atoms with van der Waals surface area (Å²) >= 11 is 0. The molecular formula is C32H45N7O3. The van der Waals surface area contributed by atoms with Gasteiger partial charge in [0.25, 0.3) is 0 Å². The van der Waals surface area contributed by atoms with Gasteiger partial charge in [0.05, 0.1) is 17.5 Å². The Morgan fingerprint density at radius 2 is 1.64 bits per heavy atom. The average molecular weight is 576 g/mol. The molecule has 3 aromatic rings. The number of piperazine rings is 1. The fraction of sp³-hybridized carbons (Fsp3) is 0.531. The van der Waals surface area contributed by atoms with Gasteiger partial charge in [0.15, 0.2) is 5.82 Å². The second kappa shape index (κ2) is 14.0. The molecule has 42 heavy (non-hydrogen) atoms. The average Bonchev–Trinajstić information content (AvgIpc) is 3.27. The van der Waals surface area contributed by atoms with E-state index in [-0.39, 0.29) is 11.9 Å². The maximum absolute atomic E-state index is 10.3. The van der Waals surface area contributed by atoms with Gasteiger partial charge < -0.3 is 35.8 Å². The lowest BCUT2D eigenvalue weighted by atomic mass is 9.96. The topological polar surface area (TPSA) is 133 Å². The molecule has 5 heterocycles. The number of pyridine rings is 1. The molecule has 2 bridgehead atoms. The number of aliphatic hydroxyl groups excluding tert-OH is 1. The molecule has 2 unspecified atom stereocenters. The minimum Gasteiger partial charge on any atom is -0.507 e. The summed E-state index contributed by atoms with van der Waals surface area (Å²) in [6, 6.07) is 14.1. The Bertz CT molecular complexity index is 1280. The lowest BCUT2D eigenvalue weighted by Gasteiger charge is -2.43. The number of hydrogen-bond donors (Lipinski definition) is 4. The number of fused-ring (bicyclic) bond motifs is 2. The second-order valence-corrected chi connectivity index (χ2v) is 11.2. The fourth-order valence-corrected chi connectivity index (χ4v) is 6.08. The molecule has 4 aliphatic rings. The molecule has 0 radical (unpaired) electrons. The summed E-state index contributed by atoms with van der Waals surface area (Å²) in [6.45, 7) is 7.68. The van der Waals surface area contributed by atoms with Crippen molar-refractivity contribution >= 4 is 17.2 Å². The van der Waals surface area contributed by atoms with Crippen LogP contribution in [0.1, 0.15) is 58.8 Å². The lowest BCUT2D eigenvalue weighted by molar-refractivity contribution is 0.114. The molecule has 7 rings (SSSR count). The van der Waals surface area contributed by atoms with E-state index in [1.54, 1.807) is 12.1 Å². The first kappa shape index (κ1) is 29.8. The van der Waals surface area contributed by atoms with E-state index in [2.05, 4.69) is 42.4 Å². The third kappa shape index (κ3) is 6.87. The zero-order valence-corrected chi connectivity index (χ0v) is 24.8. The number of nitrogens with zero attached hydrogens (tertiary/aromatic N) is 5. The van der Waals surface area contributed by atoms with Crippen LogP contribution in [0.3, 0.4) is 0 Å². The van der Waals surface area contributed by atoms with Crippen molar-refractivity contribution in [2.24, 2.45) is 0 Å². The van der Waals surface area contributed by atoms with Crippen LogP contribution in [-0.2, 0) is 0 Å². The van der Waals surface area contributed by atoms with Crippen molar-refractivity contribution in [1.82, 2.24) is 20.5 Å². The highest BCUT2D eigenvalue weighted by Gasteiger charge is 2.41. The molecule has 10 heteroatoms. The summed E-state index contributed by atoms with van der Waals surface area (Å²) in [5.41, 5.74) is 9.60. The van der Waals surface area contributed by atoms with Crippen molar-refractivity contribution in [3.63, 3.8) is 0 Å². The number of hydrogen-bond acceptors (Lipinski definition) is 10. The third-order valence-corrected chi connectivity index (χ3v) is 8.47. The summed E-state index contributed by atoms with van der Waals surface area (Å²) < 4.78 is 6.04. The standard InChI is InChI=1S/C25H28N6O2.C5H11NO.C2H6/c26-25-22(13-21(28-29-25)20-6-1-2-7-23(20)32)30-14-17-8-9-18(15-30)31(17)16-10-11-27-24(12-16)33-19-4-3-5-19;7-5-1-3-6-4-2-5;1-2/h1-2,6-7,10-13,17-19,32H,3-5,8-9,14-15H2,(H2,26,29);5-7H,1-4H2;1-2H3. The molecule has 10 nitrogen and oxygen atoms in total. The SMILES string of the molecule is CC.Nc1nnc(-c2ccccc2O)cc1N1CC2CCC(C1)N2c1ccnc(OC2CCC2)c1.OC1CCNCC1. The summed E-state index contributed by atoms with van der Waals surface area (Å²) in [7, 11) is 0. The molecule has 5 N–H and O–H groups in total. The van der Waals surface area contributed by atoms with Crippen LogP contribution in [0.5, 0.6) is 11.6 Å². The van der Waals surface area contributed by atoms with E-state index in [9.17, 15) is 5.11 Å². The van der Waals surface area contributed by atoms with E-state index >= 15 is 0 Å². The molecule has 1 aromatic carbocycles. The van der Waals surface area contributed by atoms with E-state index < -0.39 is 0 Å². The lowest BCUT2D eigenvalue weighted by Crippen LogP contribution is -2.54. The number of phenolic OH excluding ortho intramolecular Hbond substituents is 1. The van der Waals surface area contributed by atoms with Crippen molar-refractivity contribution in [2.75, 3.05) is 41.7 Å². The maximum atomic E-state index is 10.3. The summed E-state index contributed by atoms with van der Waals surface area (Å²) in [5, 5.41) is 30.7. The van der Waals surface area contributed by atoms with Gasteiger partial charge in [-0.1, -0.05) is 26.0 Å². The minimum atomic E-state index is -0.0266. The van der Waals surface area contributed by atoms with Crippen LogP contribution >= 0.6 is 0 Å². The van der Waals surface area contributed by atoms with Crippen LogP contribution in [0.2, 0.25) is 0 Å². The molecule has 4 fully saturated rings. The van der Waals surface area contributed by atoms with E-state index in [4.69, 9.17) is 15.6 Å². The van der Waals surface area contributed by atoms with Gasteiger partial charge in [-0.15, -0.1) is 10.2 Å². The first-order chi connectivity index (χ1) is 20.5. The summed E-state index contributed by atoms with van der Waals surface area (Å²) in [6.07, 6.45) is 9.77. The van der Waals surface area contributed by atoms with Crippen molar-refractivity contribution in [1.29, 1.82) is 0 Å². The Morgan fingerprint density at radius 3 is 2.26 bits per heavy atom. The number of nitrogens with two attached hydrogens (primary N) is 1. The fourth-order valence-electron chi connectivity index (χ4n) is 6.08. The number of para-hydroxylation sites is 1. The van der Waals surface area contributed by atoms with Gasteiger partial charge >= 0.3 is 0 Å². The first-order valence-electron chi connectivity index (χ1n) is 15.5. The number of benzene rings is 1. The molecule has 1 saturated carbocycles. The molecule has 3 saturated heterocycles. The summed E-state index contributed by atoms with van der Waals surface area (Å²) in [4.78, 5) is 9.28. The molecule has 1 aliphatic carbocycles. The predicted octanol–water partition coefficient (Wildman–Crippen LogP) is 4.37. The number of ether oxygens (including phenoxy) is 1. The number of piperidine rings is 1. The van der Waals surface area contributed by atoms with E-state index in [1.165, 1.54) is 12.1 Å². The Morgan fingerprint density at radius 1 is 0.929 bits per heavy atom. The van der Waals surface area contributed by atoms with Gasteiger partial charge in [-0.25, -0.2) is 4.98 Å². The number of aromatic hydroxyl groups is 1. The van der Waals surface area contributed by atoms with E-state index in [1.807, 2.05) is 38.2 Å².